The van der Waals surface area contributed by atoms with Crippen LogP contribution in [0.15, 0.2) is 79.1 Å². The van der Waals surface area contributed by atoms with Gasteiger partial charge in [0.1, 0.15) is 0 Å². The Balaban J connectivity index is 1.67. The molecule has 2 heterocycles. The van der Waals surface area contributed by atoms with Crippen molar-refractivity contribution in [3.05, 3.63) is 79.1 Å². The van der Waals surface area contributed by atoms with Crippen molar-refractivity contribution in [3.8, 4) is 0 Å². The number of aromatic nitrogens is 1. The predicted octanol–water partition coefficient (Wildman–Crippen LogP) is 4.39. The Kier molecular flexibility index (Phi) is 3.54. The second kappa shape index (κ2) is 5.85. The van der Waals surface area contributed by atoms with Crippen LogP contribution in [0.1, 0.15) is 0 Å². The number of hydrogen-bond acceptors (Lipinski definition) is 2. The summed E-state index contributed by atoms with van der Waals surface area (Å²) in [5.41, 5.74) is 4.58. The van der Waals surface area contributed by atoms with E-state index in [9.17, 15) is 0 Å². The fourth-order valence-corrected chi connectivity index (χ4v) is 2.92. The predicted molar refractivity (Wildman–Crippen MR) is 101 cm³/mol. The molecule has 0 bridgehead atoms. The minimum absolute atomic E-state index is 1.09. The SMILES string of the molecule is CN(C)c1ccc(Nc2ccc3c[n+]4ccccc4cc3c2)cc1. The minimum Gasteiger partial charge on any atom is -0.378 e. The van der Waals surface area contributed by atoms with Crippen molar-refractivity contribution in [3.63, 3.8) is 0 Å². The third-order valence-electron chi connectivity index (χ3n) is 4.26. The Bertz CT molecular complexity index is 1000. The maximum absolute atomic E-state index is 3.48. The van der Waals surface area contributed by atoms with Crippen LogP contribution in [0.5, 0.6) is 0 Å². The van der Waals surface area contributed by atoms with Gasteiger partial charge in [0.25, 0.3) is 0 Å². The van der Waals surface area contributed by atoms with Crippen molar-refractivity contribution < 1.29 is 4.40 Å². The summed E-state index contributed by atoms with van der Waals surface area (Å²) in [5, 5.41) is 5.95. The van der Waals surface area contributed by atoms with Crippen molar-refractivity contribution in [2.75, 3.05) is 24.3 Å². The lowest BCUT2D eigenvalue weighted by atomic mass is 10.1. The monoisotopic (exact) mass is 314 g/mol. The third-order valence-corrected chi connectivity index (χ3v) is 4.26. The zero-order chi connectivity index (χ0) is 16.5. The molecule has 4 rings (SSSR count). The van der Waals surface area contributed by atoms with E-state index in [0.29, 0.717) is 0 Å². The molecule has 3 nitrogen and oxygen atoms in total. The molecule has 0 saturated heterocycles. The third kappa shape index (κ3) is 2.76. The van der Waals surface area contributed by atoms with Crippen LogP contribution >= 0.6 is 0 Å². The molecule has 118 valence electrons. The van der Waals surface area contributed by atoms with E-state index in [1.165, 1.54) is 22.0 Å². The Labute approximate surface area is 141 Å². The highest BCUT2D eigenvalue weighted by atomic mass is 15.1. The van der Waals surface area contributed by atoms with E-state index >= 15 is 0 Å². The summed E-state index contributed by atoms with van der Waals surface area (Å²) in [5.74, 6) is 0. The van der Waals surface area contributed by atoms with E-state index < -0.39 is 0 Å². The second-order valence-corrected chi connectivity index (χ2v) is 6.22. The van der Waals surface area contributed by atoms with E-state index in [2.05, 4.69) is 87.7 Å². The summed E-state index contributed by atoms with van der Waals surface area (Å²) in [6.45, 7) is 0. The molecule has 0 unspecified atom stereocenters. The highest BCUT2D eigenvalue weighted by Gasteiger charge is 2.05. The van der Waals surface area contributed by atoms with Crippen LogP contribution in [0.2, 0.25) is 0 Å². The smallest absolute Gasteiger partial charge is 0.211 e. The Morgan fingerprint density at radius 3 is 2.38 bits per heavy atom. The molecule has 1 N–H and O–H groups in total. The normalized spacial score (nSPS) is 10.9. The summed E-state index contributed by atoms with van der Waals surface area (Å²) in [7, 11) is 4.10. The van der Waals surface area contributed by atoms with Crippen molar-refractivity contribution in [1.29, 1.82) is 0 Å². The summed E-state index contributed by atoms with van der Waals surface area (Å²) in [6.07, 6.45) is 4.24. The first-order valence-corrected chi connectivity index (χ1v) is 8.07. The number of fused-ring (bicyclic) bond motifs is 2. The van der Waals surface area contributed by atoms with Gasteiger partial charge in [-0.3, -0.25) is 0 Å². The Morgan fingerprint density at radius 1 is 0.792 bits per heavy atom. The van der Waals surface area contributed by atoms with E-state index in [-0.39, 0.29) is 0 Å². The van der Waals surface area contributed by atoms with Gasteiger partial charge in [0.05, 0.1) is 0 Å². The summed E-state index contributed by atoms with van der Waals surface area (Å²) in [6, 6.07) is 23.4. The molecule has 4 aromatic rings. The van der Waals surface area contributed by atoms with Crippen molar-refractivity contribution in [2.45, 2.75) is 0 Å². The average Bonchev–Trinajstić information content (AvgIpc) is 2.60. The van der Waals surface area contributed by atoms with Crippen LogP contribution in [0, 0.1) is 0 Å². The zero-order valence-electron chi connectivity index (χ0n) is 13.9. The molecule has 2 aromatic heterocycles. The number of hydrogen-bond donors (Lipinski definition) is 1. The van der Waals surface area contributed by atoms with Crippen molar-refractivity contribution >= 4 is 33.4 Å². The van der Waals surface area contributed by atoms with Crippen molar-refractivity contribution in [2.24, 2.45) is 0 Å². The topological polar surface area (TPSA) is 19.4 Å². The molecule has 0 atom stereocenters. The molecule has 2 aromatic carbocycles. The Hall–Kier alpha value is -3.07. The number of nitrogens with zero attached hydrogens (tertiary/aromatic N) is 2. The van der Waals surface area contributed by atoms with E-state index in [0.717, 1.165) is 11.4 Å². The largest absolute Gasteiger partial charge is 0.378 e. The average molecular weight is 314 g/mol. The van der Waals surface area contributed by atoms with Gasteiger partial charge in [-0.05, 0) is 53.9 Å². The van der Waals surface area contributed by atoms with E-state index in [4.69, 9.17) is 0 Å². The first kappa shape index (κ1) is 14.5. The van der Waals surface area contributed by atoms with Gasteiger partial charge in [0, 0.05) is 54.7 Å². The summed E-state index contributed by atoms with van der Waals surface area (Å²) >= 11 is 0. The lowest BCUT2D eigenvalue weighted by Crippen LogP contribution is -2.19. The number of benzene rings is 2. The van der Waals surface area contributed by atoms with Gasteiger partial charge < -0.3 is 10.2 Å². The lowest BCUT2D eigenvalue weighted by molar-refractivity contribution is -0.510. The molecular formula is C21H20N3+. The van der Waals surface area contributed by atoms with Crippen LogP contribution in [-0.2, 0) is 0 Å². The molecule has 3 heteroatoms. The quantitative estimate of drug-likeness (QED) is 0.447. The molecule has 0 spiro atoms. The number of nitrogens with one attached hydrogen (secondary N) is 1. The lowest BCUT2D eigenvalue weighted by Gasteiger charge is -2.13. The fourth-order valence-electron chi connectivity index (χ4n) is 2.92. The van der Waals surface area contributed by atoms with Gasteiger partial charge in [-0.2, -0.15) is 4.40 Å². The molecule has 0 fully saturated rings. The standard InChI is InChI=1S/C21H19N3/c1-23(2)20-10-8-18(9-11-20)22-19-7-6-16-15-24-12-4-3-5-21(24)14-17(16)13-19/h3-15H,1-2H3/p+1. The number of rotatable bonds is 3. The first-order valence-electron chi connectivity index (χ1n) is 8.07. The maximum Gasteiger partial charge on any atom is 0.211 e. The van der Waals surface area contributed by atoms with Crippen LogP contribution in [0.25, 0.3) is 16.3 Å². The zero-order valence-corrected chi connectivity index (χ0v) is 13.9. The highest BCUT2D eigenvalue weighted by molar-refractivity contribution is 5.87. The highest BCUT2D eigenvalue weighted by Crippen LogP contribution is 2.24. The van der Waals surface area contributed by atoms with E-state index in [1.54, 1.807) is 0 Å². The molecule has 0 saturated carbocycles. The van der Waals surface area contributed by atoms with Gasteiger partial charge in [0.2, 0.25) is 5.52 Å². The Morgan fingerprint density at radius 2 is 1.58 bits per heavy atom. The van der Waals surface area contributed by atoms with Gasteiger partial charge in [0.15, 0.2) is 12.4 Å². The molecule has 0 radical (unpaired) electrons. The van der Waals surface area contributed by atoms with Gasteiger partial charge in [-0.25, -0.2) is 0 Å². The van der Waals surface area contributed by atoms with Gasteiger partial charge in [-0.1, -0.05) is 0 Å². The second-order valence-electron chi connectivity index (χ2n) is 6.22. The molecule has 0 aliphatic carbocycles. The van der Waals surface area contributed by atoms with Crippen molar-refractivity contribution in [1.82, 2.24) is 0 Å². The van der Waals surface area contributed by atoms with Crippen LogP contribution < -0.4 is 14.6 Å². The maximum atomic E-state index is 3.48. The summed E-state index contributed by atoms with van der Waals surface area (Å²) in [4.78, 5) is 2.10. The molecule has 0 amide bonds. The number of pyridine rings is 2. The molecule has 0 aliphatic rings. The summed E-state index contributed by atoms with van der Waals surface area (Å²) < 4.78 is 2.15. The van der Waals surface area contributed by atoms with Gasteiger partial charge in [-0.15, -0.1) is 0 Å². The van der Waals surface area contributed by atoms with Crippen LogP contribution in [-0.4, -0.2) is 14.1 Å². The van der Waals surface area contributed by atoms with Crippen LogP contribution in [0.4, 0.5) is 17.1 Å². The fraction of sp³-hybridized carbons (Fsp3) is 0.0952. The number of anilines is 3. The molecule has 0 aliphatic heterocycles. The van der Waals surface area contributed by atoms with E-state index in [1.807, 2.05) is 20.2 Å². The molecule has 24 heavy (non-hydrogen) atoms. The van der Waals surface area contributed by atoms with Gasteiger partial charge >= 0.3 is 0 Å². The van der Waals surface area contributed by atoms with Crippen LogP contribution in [0.3, 0.4) is 0 Å². The molecular weight excluding hydrogens is 294 g/mol. The minimum atomic E-state index is 1.09. The first-order chi connectivity index (χ1) is 11.7.